The zero-order valence-corrected chi connectivity index (χ0v) is 15.0. The number of carboxylic acid groups (broad SMARTS) is 1. The van der Waals surface area contributed by atoms with Crippen molar-refractivity contribution in [2.24, 2.45) is 0 Å². The van der Waals surface area contributed by atoms with Gasteiger partial charge in [-0.2, -0.15) is 0 Å². The highest BCUT2D eigenvalue weighted by atomic mass is 32.2. The molecule has 0 saturated heterocycles. The Morgan fingerprint density at radius 1 is 1.29 bits per heavy atom. The standard InChI is InChI=1S/C15H26N2O6S/c1-3-17(10-13(18)19)12-7-11(8-12)16-24(21,22)15(5-6-15)9-14(20)23-4-2/h11-12,16H,3-10H2,1-2H3,(H,18,19). The number of sulfonamides is 1. The normalized spacial score (nSPS) is 25.1. The number of carbonyl (C=O) groups excluding carboxylic acids is 1. The molecule has 0 aromatic carbocycles. The first kappa shape index (κ1) is 19.1. The molecule has 0 aliphatic heterocycles. The first-order valence-corrected chi connectivity index (χ1v) is 9.84. The van der Waals surface area contributed by atoms with Gasteiger partial charge in [-0.1, -0.05) is 6.92 Å². The van der Waals surface area contributed by atoms with E-state index >= 15 is 0 Å². The van der Waals surface area contributed by atoms with E-state index in [-0.39, 0.29) is 31.7 Å². The first-order valence-electron chi connectivity index (χ1n) is 8.36. The summed E-state index contributed by atoms with van der Waals surface area (Å²) in [6, 6.07) is -0.110. The number of ether oxygens (including phenoxy) is 1. The van der Waals surface area contributed by atoms with Crippen LogP contribution in [0.4, 0.5) is 0 Å². The van der Waals surface area contributed by atoms with Crippen LogP contribution in [-0.4, -0.2) is 66.9 Å². The third-order valence-electron chi connectivity index (χ3n) is 4.85. The van der Waals surface area contributed by atoms with Gasteiger partial charge in [0.15, 0.2) is 0 Å². The van der Waals surface area contributed by atoms with Gasteiger partial charge in [0, 0.05) is 12.1 Å². The van der Waals surface area contributed by atoms with Crippen molar-refractivity contribution in [2.75, 3.05) is 19.7 Å². The number of nitrogens with one attached hydrogen (secondary N) is 1. The van der Waals surface area contributed by atoms with Gasteiger partial charge in [-0.05, 0) is 39.2 Å². The highest BCUT2D eigenvalue weighted by Gasteiger charge is 2.57. The van der Waals surface area contributed by atoms with Crippen molar-refractivity contribution in [2.45, 2.75) is 62.8 Å². The summed E-state index contributed by atoms with van der Waals surface area (Å²) in [4.78, 5) is 24.3. The van der Waals surface area contributed by atoms with Crippen LogP contribution in [0.5, 0.6) is 0 Å². The molecule has 9 heteroatoms. The van der Waals surface area contributed by atoms with E-state index in [0.717, 1.165) is 0 Å². The number of nitrogens with zero attached hydrogens (tertiary/aromatic N) is 1. The van der Waals surface area contributed by atoms with Gasteiger partial charge < -0.3 is 9.84 Å². The van der Waals surface area contributed by atoms with Gasteiger partial charge in [0.05, 0.1) is 24.3 Å². The van der Waals surface area contributed by atoms with Crippen LogP contribution in [-0.2, 0) is 24.3 Å². The number of esters is 1. The Morgan fingerprint density at radius 3 is 2.38 bits per heavy atom. The second kappa shape index (κ2) is 7.37. The average molecular weight is 362 g/mol. The van der Waals surface area contributed by atoms with Crippen molar-refractivity contribution in [3.05, 3.63) is 0 Å². The lowest BCUT2D eigenvalue weighted by Crippen LogP contribution is -2.56. The second-order valence-corrected chi connectivity index (χ2v) is 8.67. The van der Waals surface area contributed by atoms with Crippen LogP contribution in [0.1, 0.15) is 46.0 Å². The molecule has 2 aliphatic rings. The van der Waals surface area contributed by atoms with Gasteiger partial charge in [-0.25, -0.2) is 13.1 Å². The maximum Gasteiger partial charge on any atom is 0.317 e. The molecule has 2 N–H and O–H groups in total. The molecular weight excluding hydrogens is 336 g/mol. The zero-order chi connectivity index (χ0) is 18.0. The minimum absolute atomic E-state index is 0.0343. The Balaban J connectivity index is 1.86. The first-order chi connectivity index (χ1) is 11.2. The van der Waals surface area contributed by atoms with Crippen molar-refractivity contribution < 1.29 is 27.9 Å². The van der Waals surface area contributed by atoms with Crippen LogP contribution < -0.4 is 4.72 Å². The molecular formula is C15H26N2O6S. The van der Waals surface area contributed by atoms with Gasteiger partial charge in [-0.15, -0.1) is 0 Å². The smallest absolute Gasteiger partial charge is 0.317 e. The van der Waals surface area contributed by atoms with Crippen molar-refractivity contribution in [3.8, 4) is 0 Å². The molecule has 0 aromatic rings. The number of rotatable bonds is 10. The highest BCUT2D eigenvalue weighted by molar-refractivity contribution is 7.91. The van der Waals surface area contributed by atoms with Crippen molar-refractivity contribution in [1.82, 2.24) is 9.62 Å². The largest absolute Gasteiger partial charge is 0.480 e. The van der Waals surface area contributed by atoms with Crippen LogP contribution in [0.15, 0.2) is 0 Å². The third kappa shape index (κ3) is 4.25. The second-order valence-electron chi connectivity index (χ2n) is 6.57. The molecule has 24 heavy (non-hydrogen) atoms. The van der Waals surface area contributed by atoms with Gasteiger partial charge >= 0.3 is 11.9 Å². The van der Waals surface area contributed by atoms with E-state index in [4.69, 9.17) is 9.84 Å². The quantitative estimate of drug-likeness (QED) is 0.538. The number of likely N-dealkylation sites (N-methyl/N-ethyl adjacent to an activating group) is 1. The highest BCUT2D eigenvalue weighted by Crippen LogP contribution is 2.47. The maximum absolute atomic E-state index is 12.6. The SMILES string of the molecule is CCOC(=O)CC1(S(=O)(=O)NC2CC(N(CC)CC(=O)O)C2)CC1. The minimum Gasteiger partial charge on any atom is -0.480 e. The molecule has 2 saturated carbocycles. The van der Waals surface area contributed by atoms with E-state index in [1.54, 1.807) is 6.92 Å². The lowest BCUT2D eigenvalue weighted by molar-refractivity contribution is -0.143. The summed E-state index contributed by atoms with van der Waals surface area (Å²) in [6.45, 7) is 4.40. The molecule has 138 valence electrons. The van der Waals surface area contributed by atoms with E-state index in [0.29, 0.717) is 32.2 Å². The summed E-state index contributed by atoms with van der Waals surface area (Å²) in [7, 11) is -3.59. The fourth-order valence-electron chi connectivity index (χ4n) is 3.15. The number of hydrogen-bond acceptors (Lipinski definition) is 6. The van der Waals surface area contributed by atoms with Crippen LogP contribution in [0.2, 0.25) is 0 Å². The average Bonchev–Trinajstić information content (AvgIpc) is 3.21. The Labute approximate surface area is 142 Å². The number of aliphatic carboxylic acids is 1. The van der Waals surface area contributed by atoms with Crippen LogP contribution in [0, 0.1) is 0 Å². The van der Waals surface area contributed by atoms with Gasteiger partial charge in [-0.3, -0.25) is 14.5 Å². The summed E-state index contributed by atoms with van der Waals surface area (Å²) >= 11 is 0. The molecule has 0 radical (unpaired) electrons. The lowest BCUT2D eigenvalue weighted by Gasteiger charge is -2.42. The Hall–Kier alpha value is -1.19. The maximum atomic E-state index is 12.6. The van der Waals surface area contributed by atoms with Crippen LogP contribution in [0.3, 0.4) is 0 Å². The number of carbonyl (C=O) groups is 2. The Bertz CT molecular complexity index is 581. The van der Waals surface area contributed by atoms with Crippen molar-refractivity contribution in [1.29, 1.82) is 0 Å². The fraction of sp³-hybridized carbons (Fsp3) is 0.867. The zero-order valence-electron chi connectivity index (χ0n) is 14.2. The molecule has 2 aliphatic carbocycles. The van der Waals surface area contributed by atoms with E-state index in [1.165, 1.54) is 0 Å². The predicted octanol–water partition coefficient (Wildman–Crippen LogP) is 0.329. The summed E-state index contributed by atoms with van der Waals surface area (Å²) in [5, 5.41) is 8.88. The lowest BCUT2D eigenvalue weighted by atomic mass is 9.86. The number of carboxylic acids is 1. The molecule has 8 nitrogen and oxygen atoms in total. The summed E-state index contributed by atoms with van der Waals surface area (Å²) < 4.78 is 31.7. The molecule has 0 unspecified atom stereocenters. The predicted molar refractivity (Wildman–Crippen MR) is 87.0 cm³/mol. The number of hydrogen-bond donors (Lipinski definition) is 2. The molecule has 0 aromatic heterocycles. The van der Waals surface area contributed by atoms with Gasteiger partial charge in [0.1, 0.15) is 0 Å². The molecule has 0 bridgehead atoms. The van der Waals surface area contributed by atoms with E-state index in [1.807, 2.05) is 11.8 Å². The van der Waals surface area contributed by atoms with Crippen LogP contribution in [0.25, 0.3) is 0 Å². The molecule has 0 atom stereocenters. The van der Waals surface area contributed by atoms with Crippen molar-refractivity contribution in [3.63, 3.8) is 0 Å². The molecule has 2 fully saturated rings. The van der Waals surface area contributed by atoms with Crippen LogP contribution >= 0.6 is 0 Å². The minimum atomic E-state index is -3.59. The third-order valence-corrected chi connectivity index (χ3v) is 7.18. The molecule has 0 spiro atoms. The topological polar surface area (TPSA) is 113 Å². The van der Waals surface area contributed by atoms with E-state index < -0.39 is 26.7 Å². The van der Waals surface area contributed by atoms with Gasteiger partial charge in [0.25, 0.3) is 0 Å². The monoisotopic (exact) mass is 362 g/mol. The summed E-state index contributed by atoms with van der Waals surface area (Å²) in [5.74, 6) is -1.36. The van der Waals surface area contributed by atoms with E-state index in [2.05, 4.69) is 4.72 Å². The Kier molecular flexibility index (Phi) is 5.87. The van der Waals surface area contributed by atoms with E-state index in [9.17, 15) is 18.0 Å². The molecule has 0 amide bonds. The molecule has 0 heterocycles. The summed E-state index contributed by atoms with van der Waals surface area (Å²) in [6.07, 6.45) is 2.02. The molecule has 2 rings (SSSR count). The summed E-state index contributed by atoms with van der Waals surface area (Å²) in [5.41, 5.74) is 0. The van der Waals surface area contributed by atoms with Crippen molar-refractivity contribution >= 4 is 22.0 Å². The van der Waals surface area contributed by atoms with Gasteiger partial charge in [0.2, 0.25) is 10.0 Å². The Morgan fingerprint density at radius 2 is 1.92 bits per heavy atom. The fourth-order valence-corrected chi connectivity index (χ4v) is 4.98.